The van der Waals surface area contributed by atoms with E-state index in [0.717, 1.165) is 6.07 Å². The standard InChI is InChI=1S/C13H15NO5S/c1-3-5-8-14-20(17,18)10-6-7-12(19-4-2)11(9-10)13(15)16/h6-7,9,14H,4,8H2,1-2H3,(H,15,16). The van der Waals surface area contributed by atoms with Gasteiger partial charge in [0.05, 0.1) is 18.0 Å². The lowest BCUT2D eigenvalue weighted by Gasteiger charge is -2.09. The van der Waals surface area contributed by atoms with Gasteiger partial charge in [-0.2, -0.15) is 4.72 Å². The Hall–Kier alpha value is -2.04. The smallest absolute Gasteiger partial charge is 0.339 e. The number of hydrogen-bond acceptors (Lipinski definition) is 4. The first-order chi connectivity index (χ1) is 9.42. The van der Waals surface area contributed by atoms with Crippen molar-refractivity contribution in [1.82, 2.24) is 4.72 Å². The molecule has 0 unspecified atom stereocenters. The van der Waals surface area contributed by atoms with E-state index in [9.17, 15) is 13.2 Å². The number of rotatable bonds is 6. The highest BCUT2D eigenvalue weighted by molar-refractivity contribution is 7.89. The molecule has 0 saturated heterocycles. The molecule has 0 atom stereocenters. The van der Waals surface area contributed by atoms with Crippen LogP contribution in [0.15, 0.2) is 23.1 Å². The molecule has 0 aromatic heterocycles. The average molecular weight is 297 g/mol. The van der Waals surface area contributed by atoms with Gasteiger partial charge in [0.2, 0.25) is 10.0 Å². The largest absolute Gasteiger partial charge is 0.493 e. The van der Waals surface area contributed by atoms with Gasteiger partial charge in [-0.1, -0.05) is 5.92 Å². The van der Waals surface area contributed by atoms with E-state index in [0.29, 0.717) is 0 Å². The first-order valence-corrected chi connectivity index (χ1v) is 7.30. The van der Waals surface area contributed by atoms with Gasteiger partial charge in [-0.15, -0.1) is 5.92 Å². The molecule has 0 radical (unpaired) electrons. The molecule has 2 N–H and O–H groups in total. The zero-order valence-corrected chi connectivity index (χ0v) is 12.0. The predicted molar refractivity (Wildman–Crippen MR) is 73.2 cm³/mol. The lowest BCUT2D eigenvalue weighted by Crippen LogP contribution is -2.24. The molecule has 0 saturated carbocycles. The third-order valence-electron chi connectivity index (χ3n) is 2.32. The molecule has 108 valence electrons. The SMILES string of the molecule is CC#CCNS(=O)(=O)c1ccc(OCC)c(C(=O)O)c1. The van der Waals surface area contributed by atoms with Crippen LogP contribution < -0.4 is 9.46 Å². The van der Waals surface area contributed by atoms with Crippen molar-refractivity contribution in [2.45, 2.75) is 18.7 Å². The zero-order chi connectivity index (χ0) is 15.2. The predicted octanol–water partition coefficient (Wildman–Crippen LogP) is 1.09. The van der Waals surface area contributed by atoms with Crippen LogP contribution in [0.4, 0.5) is 0 Å². The minimum absolute atomic E-state index is 0.0333. The van der Waals surface area contributed by atoms with Crippen molar-refractivity contribution in [3.05, 3.63) is 23.8 Å². The zero-order valence-electron chi connectivity index (χ0n) is 11.1. The van der Waals surface area contributed by atoms with Crippen molar-refractivity contribution < 1.29 is 23.1 Å². The van der Waals surface area contributed by atoms with Gasteiger partial charge in [0, 0.05) is 0 Å². The van der Waals surface area contributed by atoms with Gasteiger partial charge in [-0.25, -0.2) is 13.2 Å². The molecule has 6 nitrogen and oxygen atoms in total. The van der Waals surface area contributed by atoms with Gasteiger partial charge in [-0.3, -0.25) is 0 Å². The maximum Gasteiger partial charge on any atom is 0.339 e. The number of aromatic carboxylic acids is 1. The lowest BCUT2D eigenvalue weighted by molar-refractivity contribution is 0.0692. The third kappa shape index (κ3) is 3.98. The van der Waals surface area contributed by atoms with Crippen LogP contribution in [-0.4, -0.2) is 32.6 Å². The van der Waals surface area contributed by atoms with E-state index in [2.05, 4.69) is 16.6 Å². The minimum atomic E-state index is -3.79. The monoisotopic (exact) mass is 297 g/mol. The van der Waals surface area contributed by atoms with E-state index in [-0.39, 0.29) is 29.4 Å². The summed E-state index contributed by atoms with van der Waals surface area (Å²) in [6.45, 7) is 3.56. The highest BCUT2D eigenvalue weighted by Crippen LogP contribution is 2.22. The van der Waals surface area contributed by atoms with Gasteiger partial charge in [-0.05, 0) is 32.0 Å². The third-order valence-corrected chi connectivity index (χ3v) is 3.72. The number of nitrogens with one attached hydrogen (secondary N) is 1. The maximum absolute atomic E-state index is 11.9. The molecule has 0 spiro atoms. The molecule has 0 amide bonds. The van der Waals surface area contributed by atoms with Crippen molar-refractivity contribution in [2.24, 2.45) is 0 Å². The van der Waals surface area contributed by atoms with E-state index in [1.807, 2.05) is 0 Å². The quantitative estimate of drug-likeness (QED) is 0.767. The summed E-state index contributed by atoms with van der Waals surface area (Å²) < 4.78 is 31.3. The number of sulfonamides is 1. The highest BCUT2D eigenvalue weighted by Gasteiger charge is 2.19. The number of carboxylic acid groups (broad SMARTS) is 1. The Morgan fingerprint density at radius 1 is 1.45 bits per heavy atom. The molecule has 0 aliphatic rings. The molecule has 7 heteroatoms. The molecular weight excluding hydrogens is 282 g/mol. The Balaban J connectivity index is 3.16. The molecule has 0 bridgehead atoms. The normalized spacial score (nSPS) is 10.5. The second-order valence-electron chi connectivity index (χ2n) is 3.65. The number of ether oxygens (including phenoxy) is 1. The van der Waals surface area contributed by atoms with Crippen molar-refractivity contribution in [2.75, 3.05) is 13.2 Å². The number of hydrogen-bond donors (Lipinski definition) is 2. The molecule has 20 heavy (non-hydrogen) atoms. The molecule has 0 aliphatic carbocycles. The summed E-state index contributed by atoms with van der Waals surface area (Å²) in [4.78, 5) is 11.0. The molecule has 0 aliphatic heterocycles. The van der Waals surface area contributed by atoms with Gasteiger partial charge >= 0.3 is 5.97 Å². The van der Waals surface area contributed by atoms with Gasteiger partial charge in [0.15, 0.2) is 0 Å². The van der Waals surface area contributed by atoms with Crippen molar-refractivity contribution in [3.8, 4) is 17.6 Å². The molecular formula is C13H15NO5S. The van der Waals surface area contributed by atoms with Crippen LogP contribution in [0.3, 0.4) is 0 Å². The van der Waals surface area contributed by atoms with E-state index >= 15 is 0 Å². The first kappa shape index (κ1) is 16.0. The van der Waals surface area contributed by atoms with Gasteiger partial charge in [0.25, 0.3) is 0 Å². The molecule has 1 aromatic rings. The Bertz CT molecular complexity index is 655. The Labute approximate surface area is 117 Å². The molecule has 1 aromatic carbocycles. The van der Waals surface area contributed by atoms with Crippen molar-refractivity contribution >= 4 is 16.0 Å². The fourth-order valence-corrected chi connectivity index (χ4v) is 2.38. The summed E-state index contributed by atoms with van der Waals surface area (Å²) in [5, 5.41) is 9.08. The van der Waals surface area contributed by atoms with E-state index in [1.54, 1.807) is 13.8 Å². The topological polar surface area (TPSA) is 92.7 Å². The molecule has 1 rings (SSSR count). The van der Waals surface area contributed by atoms with Crippen LogP contribution in [0, 0.1) is 11.8 Å². The van der Waals surface area contributed by atoms with Gasteiger partial charge in [0.1, 0.15) is 11.3 Å². The average Bonchev–Trinajstić information content (AvgIpc) is 2.39. The van der Waals surface area contributed by atoms with Crippen LogP contribution in [0.25, 0.3) is 0 Å². The van der Waals surface area contributed by atoms with Crippen molar-refractivity contribution in [1.29, 1.82) is 0 Å². The van der Waals surface area contributed by atoms with Gasteiger partial charge < -0.3 is 9.84 Å². The van der Waals surface area contributed by atoms with E-state index < -0.39 is 16.0 Å². The number of carboxylic acids is 1. The molecule has 0 heterocycles. The van der Waals surface area contributed by atoms with Crippen molar-refractivity contribution in [3.63, 3.8) is 0 Å². The van der Waals surface area contributed by atoms with Crippen LogP contribution in [0.2, 0.25) is 0 Å². The van der Waals surface area contributed by atoms with Crippen LogP contribution in [0.5, 0.6) is 5.75 Å². The van der Waals surface area contributed by atoms with E-state index in [1.165, 1.54) is 12.1 Å². The fraction of sp³-hybridized carbons (Fsp3) is 0.308. The molecule has 0 fully saturated rings. The summed E-state index contributed by atoms with van der Waals surface area (Å²) in [5.74, 6) is 4.00. The Morgan fingerprint density at radius 3 is 2.70 bits per heavy atom. The highest BCUT2D eigenvalue weighted by atomic mass is 32.2. The minimum Gasteiger partial charge on any atom is -0.493 e. The fourth-order valence-electron chi connectivity index (χ4n) is 1.43. The number of carbonyl (C=O) groups is 1. The summed E-state index contributed by atoms with van der Waals surface area (Å²) in [5.41, 5.74) is -0.198. The Morgan fingerprint density at radius 2 is 2.15 bits per heavy atom. The first-order valence-electron chi connectivity index (χ1n) is 5.81. The number of benzene rings is 1. The maximum atomic E-state index is 11.9. The van der Waals surface area contributed by atoms with E-state index in [4.69, 9.17) is 9.84 Å². The summed E-state index contributed by atoms with van der Waals surface area (Å²) >= 11 is 0. The second-order valence-corrected chi connectivity index (χ2v) is 5.41. The summed E-state index contributed by atoms with van der Waals surface area (Å²) in [7, 11) is -3.79. The van der Waals surface area contributed by atoms with Crippen LogP contribution >= 0.6 is 0 Å². The van der Waals surface area contributed by atoms with Crippen LogP contribution in [-0.2, 0) is 10.0 Å². The second kappa shape index (κ2) is 6.93. The summed E-state index contributed by atoms with van der Waals surface area (Å²) in [6, 6.07) is 3.68. The summed E-state index contributed by atoms with van der Waals surface area (Å²) in [6.07, 6.45) is 0. The van der Waals surface area contributed by atoms with Crippen LogP contribution in [0.1, 0.15) is 24.2 Å². The Kier molecular flexibility index (Phi) is 5.55. The lowest BCUT2D eigenvalue weighted by atomic mass is 10.2.